The number of methoxy groups -OCH3 is 1. The van der Waals surface area contributed by atoms with Crippen molar-refractivity contribution in [2.75, 3.05) is 13.7 Å². The summed E-state index contributed by atoms with van der Waals surface area (Å²) >= 11 is 0. The first-order valence-electron chi connectivity index (χ1n) is 12.5. The first-order chi connectivity index (χ1) is 18.3. The Morgan fingerprint density at radius 3 is 2.49 bits per heavy atom. The molecule has 4 rings (SSSR count). The zero-order valence-electron chi connectivity index (χ0n) is 22.1. The first kappa shape index (κ1) is 28.0. The van der Waals surface area contributed by atoms with E-state index in [0.717, 1.165) is 17.7 Å². The highest BCUT2D eigenvalue weighted by atomic mass is 19.4. The number of rotatable bonds is 7. The van der Waals surface area contributed by atoms with Gasteiger partial charge < -0.3 is 19.9 Å². The third kappa shape index (κ3) is 6.18. The van der Waals surface area contributed by atoms with E-state index >= 15 is 0 Å². The second-order valence-electron chi connectivity index (χ2n) is 10.3. The van der Waals surface area contributed by atoms with Gasteiger partial charge in [-0.3, -0.25) is 4.68 Å². The quantitative estimate of drug-likeness (QED) is 0.356. The zero-order valence-corrected chi connectivity index (χ0v) is 22.1. The number of aryl methyl sites for hydroxylation is 2. The molecule has 0 spiro atoms. The van der Waals surface area contributed by atoms with Crippen LogP contribution >= 0.6 is 0 Å². The van der Waals surface area contributed by atoms with Gasteiger partial charge in [-0.05, 0) is 75.4 Å². The average molecular weight is 546 g/mol. The minimum Gasteiger partial charge on any atom is -0.496 e. The summed E-state index contributed by atoms with van der Waals surface area (Å²) in [6.45, 7) is 5.76. The number of hydrogen-bond acceptors (Lipinski definition) is 5. The fraction of sp³-hybridized carbons (Fsp3) is 0.393. The van der Waals surface area contributed by atoms with Gasteiger partial charge in [-0.15, -0.1) is 0 Å². The summed E-state index contributed by atoms with van der Waals surface area (Å²) in [4.78, 5) is 24.1. The fourth-order valence-corrected chi connectivity index (χ4v) is 4.65. The van der Waals surface area contributed by atoms with Gasteiger partial charge >= 0.3 is 18.2 Å². The molecule has 0 atom stereocenters. The molecule has 8 nitrogen and oxygen atoms in total. The standard InChI is InChI=1S/C28H30F3N3O5/c1-27(2,3)39-26(37)32-11-6-12-34-24(25(35)36)19-10-9-17-14-22(38-4)20(15-21(17)23(19)33-34)16-7-5-8-18(13-16)28(29,30)31/h5,7-8,13-15H,6,9-12H2,1-4H3,(H,32,37)(H,35,36). The highest BCUT2D eigenvalue weighted by Crippen LogP contribution is 2.42. The number of carbonyl (C=O) groups excluding carboxylic acids is 1. The number of amides is 1. The van der Waals surface area contributed by atoms with E-state index in [2.05, 4.69) is 10.4 Å². The van der Waals surface area contributed by atoms with Crippen molar-refractivity contribution in [1.29, 1.82) is 0 Å². The van der Waals surface area contributed by atoms with Gasteiger partial charge in [-0.1, -0.05) is 12.1 Å². The van der Waals surface area contributed by atoms with Gasteiger partial charge in [-0.25, -0.2) is 9.59 Å². The van der Waals surface area contributed by atoms with Crippen molar-refractivity contribution in [2.45, 2.75) is 58.4 Å². The summed E-state index contributed by atoms with van der Waals surface area (Å²) in [5.74, 6) is -0.707. The van der Waals surface area contributed by atoms with E-state index in [1.807, 2.05) is 0 Å². The molecular formula is C28H30F3N3O5. The number of alkyl carbamates (subject to hydrolysis) is 1. The second kappa shape index (κ2) is 10.6. The molecule has 1 aliphatic carbocycles. The van der Waals surface area contributed by atoms with E-state index in [0.29, 0.717) is 53.0 Å². The number of nitrogens with zero attached hydrogens (tertiary/aromatic N) is 2. The molecule has 11 heteroatoms. The summed E-state index contributed by atoms with van der Waals surface area (Å²) in [5.41, 5.74) is 1.97. The van der Waals surface area contributed by atoms with E-state index in [1.165, 1.54) is 17.9 Å². The Bertz CT molecular complexity index is 1410. The van der Waals surface area contributed by atoms with E-state index < -0.39 is 29.4 Å². The van der Waals surface area contributed by atoms with Gasteiger partial charge in [-0.2, -0.15) is 18.3 Å². The van der Waals surface area contributed by atoms with Crippen LogP contribution in [0.5, 0.6) is 5.75 Å². The third-order valence-electron chi connectivity index (χ3n) is 6.29. The molecule has 3 aromatic rings. The molecule has 0 fully saturated rings. The topological polar surface area (TPSA) is 103 Å². The van der Waals surface area contributed by atoms with Crippen LogP contribution in [0.4, 0.5) is 18.0 Å². The lowest BCUT2D eigenvalue weighted by Gasteiger charge is -2.20. The molecule has 1 aromatic heterocycles. The van der Waals surface area contributed by atoms with Crippen molar-refractivity contribution in [3.8, 4) is 28.1 Å². The molecule has 2 N–H and O–H groups in total. The van der Waals surface area contributed by atoms with Crippen LogP contribution < -0.4 is 10.1 Å². The van der Waals surface area contributed by atoms with E-state index in [1.54, 1.807) is 39.0 Å². The molecule has 1 amide bonds. The number of halogens is 3. The van der Waals surface area contributed by atoms with Gasteiger partial charge in [0, 0.05) is 29.8 Å². The van der Waals surface area contributed by atoms with Crippen molar-refractivity contribution in [1.82, 2.24) is 15.1 Å². The van der Waals surface area contributed by atoms with Crippen molar-refractivity contribution in [3.05, 3.63) is 58.8 Å². The number of ether oxygens (including phenoxy) is 2. The Balaban J connectivity index is 1.67. The van der Waals surface area contributed by atoms with Crippen LogP contribution in [0.2, 0.25) is 0 Å². The van der Waals surface area contributed by atoms with Gasteiger partial charge in [0.15, 0.2) is 0 Å². The number of carboxylic acids is 1. The van der Waals surface area contributed by atoms with Crippen molar-refractivity contribution >= 4 is 12.1 Å². The Morgan fingerprint density at radius 1 is 1.10 bits per heavy atom. The van der Waals surface area contributed by atoms with Crippen molar-refractivity contribution in [3.63, 3.8) is 0 Å². The summed E-state index contributed by atoms with van der Waals surface area (Å²) in [6.07, 6.45) is -3.70. The number of aromatic carboxylic acids is 1. The zero-order chi connectivity index (χ0) is 28.5. The van der Waals surface area contributed by atoms with Gasteiger partial charge in [0.2, 0.25) is 0 Å². The fourth-order valence-electron chi connectivity index (χ4n) is 4.65. The highest BCUT2D eigenvalue weighted by Gasteiger charge is 2.32. The SMILES string of the molecule is COc1cc2c(cc1-c1cccc(C(F)(F)F)c1)-c1nn(CCCNC(=O)OC(C)(C)C)c(C(=O)O)c1CC2. The number of benzene rings is 2. The maximum Gasteiger partial charge on any atom is 0.416 e. The summed E-state index contributed by atoms with van der Waals surface area (Å²) < 4.78 is 52.3. The van der Waals surface area contributed by atoms with E-state index in [4.69, 9.17) is 9.47 Å². The van der Waals surface area contributed by atoms with Crippen molar-refractivity contribution in [2.24, 2.45) is 0 Å². The van der Waals surface area contributed by atoms with E-state index in [-0.39, 0.29) is 18.8 Å². The molecule has 0 bridgehead atoms. The Labute approximate surface area is 223 Å². The van der Waals surface area contributed by atoms with Crippen LogP contribution in [0.25, 0.3) is 22.4 Å². The molecule has 0 saturated heterocycles. The lowest BCUT2D eigenvalue weighted by molar-refractivity contribution is -0.137. The Hall–Kier alpha value is -4.02. The number of nitrogens with one attached hydrogen (secondary N) is 1. The Kier molecular flexibility index (Phi) is 7.63. The normalized spacial score (nSPS) is 12.9. The second-order valence-corrected chi connectivity index (χ2v) is 10.3. The van der Waals surface area contributed by atoms with E-state index in [9.17, 15) is 27.9 Å². The summed E-state index contributed by atoms with van der Waals surface area (Å²) in [5, 5.41) is 17.2. The summed E-state index contributed by atoms with van der Waals surface area (Å²) in [7, 11) is 1.45. The van der Waals surface area contributed by atoms with Crippen LogP contribution in [-0.2, 0) is 30.3 Å². The molecule has 0 saturated carbocycles. The number of carboxylic acid groups (broad SMARTS) is 1. The molecule has 1 aliphatic rings. The monoisotopic (exact) mass is 545 g/mol. The minimum atomic E-state index is -4.50. The minimum absolute atomic E-state index is 0.0596. The average Bonchev–Trinajstić information content (AvgIpc) is 3.23. The molecule has 0 unspecified atom stereocenters. The van der Waals surface area contributed by atoms with Gasteiger partial charge in [0.05, 0.1) is 18.4 Å². The van der Waals surface area contributed by atoms with Crippen LogP contribution in [0.15, 0.2) is 36.4 Å². The molecule has 208 valence electrons. The molecule has 0 aliphatic heterocycles. The maximum atomic E-state index is 13.4. The molecule has 1 heterocycles. The highest BCUT2D eigenvalue weighted by molar-refractivity contribution is 5.92. The maximum absolute atomic E-state index is 13.4. The van der Waals surface area contributed by atoms with Crippen LogP contribution in [0.1, 0.15) is 54.4 Å². The Morgan fingerprint density at radius 2 is 1.85 bits per heavy atom. The predicted octanol–water partition coefficient (Wildman–Crippen LogP) is 5.96. The summed E-state index contributed by atoms with van der Waals surface area (Å²) in [6, 6.07) is 8.47. The molecule has 0 radical (unpaired) electrons. The molecule has 2 aromatic carbocycles. The van der Waals surface area contributed by atoms with Crippen LogP contribution in [-0.4, -0.2) is 46.2 Å². The van der Waals surface area contributed by atoms with Gasteiger partial charge in [0.25, 0.3) is 0 Å². The number of aromatic nitrogens is 2. The first-order valence-corrected chi connectivity index (χ1v) is 12.5. The smallest absolute Gasteiger partial charge is 0.416 e. The van der Waals surface area contributed by atoms with Gasteiger partial charge in [0.1, 0.15) is 17.0 Å². The lowest BCUT2D eigenvalue weighted by Crippen LogP contribution is -2.33. The van der Waals surface area contributed by atoms with Crippen molar-refractivity contribution < 1.29 is 37.3 Å². The van der Waals surface area contributed by atoms with Crippen LogP contribution in [0.3, 0.4) is 0 Å². The predicted molar refractivity (Wildman–Crippen MR) is 138 cm³/mol. The third-order valence-corrected chi connectivity index (χ3v) is 6.29. The largest absolute Gasteiger partial charge is 0.496 e. The lowest BCUT2D eigenvalue weighted by atomic mass is 9.86. The molecule has 39 heavy (non-hydrogen) atoms. The number of alkyl halides is 3. The van der Waals surface area contributed by atoms with Crippen LogP contribution in [0, 0.1) is 0 Å². The number of fused-ring (bicyclic) bond motifs is 3. The number of hydrogen-bond donors (Lipinski definition) is 2. The molecular weight excluding hydrogens is 515 g/mol. The number of carbonyl (C=O) groups is 2.